The molecule has 1 N–H and O–H groups in total. The maximum absolute atomic E-state index is 12.3. The molecule has 1 aromatic rings. The Bertz CT molecular complexity index is 428. The maximum atomic E-state index is 12.3. The van der Waals surface area contributed by atoms with Crippen molar-refractivity contribution in [2.45, 2.75) is 45.4 Å². The standard InChI is InChI=1S/C14H18ClF2NO/c1-9-2-4-12(6-9)18-8-10-7-11(15)3-5-13(10)19-14(16)17/h3,5,7,9,12,14,18H,2,4,6,8H2,1H3. The predicted octanol–water partition coefficient (Wildman–Crippen LogP) is 4.22. The molecule has 2 rings (SSSR count). The second kappa shape index (κ2) is 6.53. The van der Waals surface area contributed by atoms with Gasteiger partial charge >= 0.3 is 6.61 Å². The first-order valence-corrected chi connectivity index (χ1v) is 6.89. The average molecular weight is 290 g/mol. The van der Waals surface area contributed by atoms with Crippen LogP contribution in [0.5, 0.6) is 5.75 Å². The molecule has 5 heteroatoms. The fourth-order valence-corrected chi connectivity index (χ4v) is 2.74. The minimum absolute atomic E-state index is 0.193. The summed E-state index contributed by atoms with van der Waals surface area (Å²) >= 11 is 5.90. The second-order valence-corrected chi connectivity index (χ2v) is 5.56. The van der Waals surface area contributed by atoms with Crippen molar-refractivity contribution in [3.63, 3.8) is 0 Å². The molecule has 0 saturated heterocycles. The van der Waals surface area contributed by atoms with Crippen LogP contribution < -0.4 is 10.1 Å². The van der Waals surface area contributed by atoms with Crippen molar-refractivity contribution in [2.75, 3.05) is 0 Å². The van der Waals surface area contributed by atoms with Crippen molar-refractivity contribution in [2.24, 2.45) is 5.92 Å². The SMILES string of the molecule is CC1CCC(NCc2cc(Cl)ccc2OC(F)F)C1. The number of hydrogen-bond donors (Lipinski definition) is 1. The first-order valence-electron chi connectivity index (χ1n) is 6.51. The lowest BCUT2D eigenvalue weighted by atomic mass is 10.1. The van der Waals surface area contributed by atoms with E-state index >= 15 is 0 Å². The highest BCUT2D eigenvalue weighted by molar-refractivity contribution is 6.30. The number of rotatable bonds is 5. The van der Waals surface area contributed by atoms with E-state index in [1.54, 1.807) is 12.1 Å². The normalized spacial score (nSPS) is 23.0. The smallest absolute Gasteiger partial charge is 0.387 e. The zero-order valence-electron chi connectivity index (χ0n) is 10.8. The molecular formula is C14H18ClF2NO. The summed E-state index contributed by atoms with van der Waals surface area (Å²) in [5.74, 6) is 0.923. The van der Waals surface area contributed by atoms with E-state index in [0.717, 1.165) is 18.8 Å². The molecule has 0 aliphatic heterocycles. The first-order chi connectivity index (χ1) is 9.04. The molecule has 0 bridgehead atoms. The summed E-state index contributed by atoms with van der Waals surface area (Å²) in [6, 6.07) is 5.17. The molecule has 0 radical (unpaired) electrons. The molecule has 0 heterocycles. The van der Waals surface area contributed by atoms with Gasteiger partial charge in [-0.3, -0.25) is 0 Å². The third kappa shape index (κ3) is 4.32. The Hall–Kier alpha value is -0.870. The highest BCUT2D eigenvalue weighted by Crippen LogP contribution is 2.27. The van der Waals surface area contributed by atoms with E-state index in [2.05, 4.69) is 17.0 Å². The molecule has 106 valence electrons. The van der Waals surface area contributed by atoms with E-state index in [1.165, 1.54) is 12.5 Å². The van der Waals surface area contributed by atoms with E-state index in [-0.39, 0.29) is 5.75 Å². The van der Waals surface area contributed by atoms with Gasteiger partial charge in [0.2, 0.25) is 0 Å². The van der Waals surface area contributed by atoms with Gasteiger partial charge in [-0.25, -0.2) is 0 Å². The Kier molecular flexibility index (Phi) is 4.99. The maximum Gasteiger partial charge on any atom is 0.387 e. The second-order valence-electron chi connectivity index (χ2n) is 5.13. The Labute approximate surface area is 117 Å². The average Bonchev–Trinajstić information content (AvgIpc) is 2.75. The Morgan fingerprint density at radius 3 is 2.84 bits per heavy atom. The number of nitrogens with one attached hydrogen (secondary N) is 1. The first kappa shape index (κ1) is 14.5. The van der Waals surface area contributed by atoms with Crippen LogP contribution in [-0.4, -0.2) is 12.7 Å². The minimum atomic E-state index is -2.81. The van der Waals surface area contributed by atoms with Crippen LogP contribution in [-0.2, 0) is 6.54 Å². The van der Waals surface area contributed by atoms with Gasteiger partial charge in [0.15, 0.2) is 0 Å². The van der Waals surface area contributed by atoms with Gasteiger partial charge in [0.1, 0.15) is 5.75 Å². The van der Waals surface area contributed by atoms with Gasteiger partial charge in [0.25, 0.3) is 0 Å². The van der Waals surface area contributed by atoms with Gasteiger partial charge in [-0.05, 0) is 43.4 Å². The van der Waals surface area contributed by atoms with Crippen molar-refractivity contribution in [1.82, 2.24) is 5.32 Å². The fraction of sp³-hybridized carbons (Fsp3) is 0.571. The van der Waals surface area contributed by atoms with Crippen molar-refractivity contribution < 1.29 is 13.5 Å². The highest BCUT2D eigenvalue weighted by atomic mass is 35.5. The molecule has 0 amide bonds. The largest absolute Gasteiger partial charge is 0.434 e. The summed E-state index contributed by atoms with van der Waals surface area (Å²) in [5, 5.41) is 3.91. The van der Waals surface area contributed by atoms with Crippen molar-refractivity contribution in [3.05, 3.63) is 28.8 Å². The molecule has 2 atom stereocenters. The molecule has 1 saturated carbocycles. The summed E-state index contributed by atoms with van der Waals surface area (Å²) in [4.78, 5) is 0. The van der Waals surface area contributed by atoms with Gasteiger partial charge in [0, 0.05) is 23.2 Å². The van der Waals surface area contributed by atoms with Crippen LogP contribution >= 0.6 is 11.6 Å². The van der Waals surface area contributed by atoms with Crippen LogP contribution in [0, 0.1) is 5.92 Å². The van der Waals surface area contributed by atoms with Gasteiger partial charge in [-0.15, -0.1) is 0 Å². The summed E-state index contributed by atoms with van der Waals surface area (Å²) in [7, 11) is 0. The molecule has 0 aromatic heterocycles. The summed E-state index contributed by atoms with van der Waals surface area (Å²) in [6.45, 7) is -0.0849. The molecule has 1 fully saturated rings. The topological polar surface area (TPSA) is 21.3 Å². The lowest BCUT2D eigenvalue weighted by Gasteiger charge is -2.15. The molecule has 19 heavy (non-hydrogen) atoms. The monoisotopic (exact) mass is 289 g/mol. The molecule has 1 aromatic carbocycles. The van der Waals surface area contributed by atoms with E-state index in [4.69, 9.17) is 11.6 Å². The van der Waals surface area contributed by atoms with Crippen LogP contribution in [0.1, 0.15) is 31.7 Å². The van der Waals surface area contributed by atoms with Crippen molar-refractivity contribution in [1.29, 1.82) is 0 Å². The predicted molar refractivity (Wildman–Crippen MR) is 71.7 cm³/mol. The van der Waals surface area contributed by atoms with Gasteiger partial charge in [-0.1, -0.05) is 18.5 Å². The summed E-state index contributed by atoms with van der Waals surface area (Å²) < 4.78 is 29.1. The van der Waals surface area contributed by atoms with Crippen LogP contribution in [0.15, 0.2) is 18.2 Å². The van der Waals surface area contributed by atoms with E-state index in [1.807, 2.05) is 0 Å². The van der Waals surface area contributed by atoms with Crippen LogP contribution in [0.2, 0.25) is 5.02 Å². The molecule has 2 nitrogen and oxygen atoms in total. The lowest BCUT2D eigenvalue weighted by Crippen LogP contribution is -2.26. The summed E-state index contributed by atoms with van der Waals surface area (Å²) in [6.07, 6.45) is 3.48. The highest BCUT2D eigenvalue weighted by Gasteiger charge is 2.21. The van der Waals surface area contributed by atoms with E-state index in [9.17, 15) is 8.78 Å². The third-order valence-corrected chi connectivity index (χ3v) is 3.75. The summed E-state index contributed by atoms with van der Waals surface area (Å²) in [5.41, 5.74) is 0.673. The van der Waals surface area contributed by atoms with Crippen LogP contribution in [0.4, 0.5) is 8.78 Å². The van der Waals surface area contributed by atoms with Gasteiger partial charge in [-0.2, -0.15) is 8.78 Å². The van der Waals surface area contributed by atoms with Crippen molar-refractivity contribution in [3.8, 4) is 5.75 Å². The zero-order chi connectivity index (χ0) is 13.8. The Morgan fingerprint density at radius 2 is 2.21 bits per heavy atom. The number of benzene rings is 1. The molecular weight excluding hydrogens is 272 g/mol. The third-order valence-electron chi connectivity index (χ3n) is 3.51. The molecule has 1 aliphatic carbocycles. The quantitative estimate of drug-likeness (QED) is 0.876. The number of hydrogen-bond acceptors (Lipinski definition) is 2. The van der Waals surface area contributed by atoms with Gasteiger partial charge in [0.05, 0.1) is 0 Å². The zero-order valence-corrected chi connectivity index (χ0v) is 11.6. The van der Waals surface area contributed by atoms with Crippen molar-refractivity contribution >= 4 is 11.6 Å². The fourth-order valence-electron chi connectivity index (χ4n) is 2.54. The van der Waals surface area contributed by atoms with Crippen LogP contribution in [0.3, 0.4) is 0 Å². The lowest BCUT2D eigenvalue weighted by molar-refractivity contribution is -0.0505. The Morgan fingerprint density at radius 1 is 1.42 bits per heavy atom. The van der Waals surface area contributed by atoms with Crippen LogP contribution in [0.25, 0.3) is 0 Å². The molecule has 1 aliphatic rings. The molecule has 0 spiro atoms. The van der Waals surface area contributed by atoms with E-state index < -0.39 is 6.61 Å². The number of halogens is 3. The van der Waals surface area contributed by atoms with Gasteiger partial charge < -0.3 is 10.1 Å². The molecule has 2 unspecified atom stereocenters. The van der Waals surface area contributed by atoms with E-state index in [0.29, 0.717) is 23.2 Å². The Balaban J connectivity index is 1.99. The minimum Gasteiger partial charge on any atom is -0.434 e. The number of ether oxygens (including phenoxy) is 1. The number of alkyl halides is 2.